The predicted octanol–water partition coefficient (Wildman–Crippen LogP) is 1.52. The fraction of sp³-hybridized carbons (Fsp3) is 0.263. The third-order valence-corrected chi connectivity index (χ3v) is 4.42. The van der Waals surface area contributed by atoms with Crippen molar-refractivity contribution in [2.75, 3.05) is 13.2 Å². The van der Waals surface area contributed by atoms with E-state index in [1.54, 1.807) is 6.07 Å². The number of fused-ring (bicyclic) bond motifs is 2. The summed E-state index contributed by atoms with van der Waals surface area (Å²) in [4.78, 5) is 19.5. The lowest BCUT2D eigenvalue weighted by Gasteiger charge is -2.20. The van der Waals surface area contributed by atoms with E-state index in [1.165, 1.54) is 0 Å². The Kier molecular flexibility index (Phi) is 4.11. The number of nitrogens with one attached hydrogen (secondary N) is 1. The molecule has 0 saturated heterocycles. The van der Waals surface area contributed by atoms with Crippen molar-refractivity contribution < 1.29 is 14.8 Å². The molecule has 0 spiro atoms. The van der Waals surface area contributed by atoms with E-state index in [-0.39, 0.29) is 11.6 Å². The third kappa shape index (κ3) is 3.21. The zero-order valence-electron chi connectivity index (χ0n) is 14.0. The summed E-state index contributed by atoms with van der Waals surface area (Å²) in [6, 6.07) is 13.6. The summed E-state index contributed by atoms with van der Waals surface area (Å²) < 4.78 is 11.2. The number of hydrogen-bond donors (Lipinski definition) is 2. The van der Waals surface area contributed by atoms with Crippen LogP contribution in [0.15, 0.2) is 47.3 Å². The van der Waals surface area contributed by atoms with E-state index in [0.29, 0.717) is 31.0 Å². The highest BCUT2D eigenvalue weighted by molar-refractivity contribution is 5.77. The first-order valence-corrected chi connectivity index (χ1v) is 8.41. The number of hydrogen-bond acceptors (Lipinski definition) is 4. The van der Waals surface area contributed by atoms with Crippen molar-refractivity contribution in [1.29, 1.82) is 0 Å². The highest BCUT2D eigenvalue weighted by atomic mass is 16.6. The number of aromatic nitrogens is 2. The van der Waals surface area contributed by atoms with Gasteiger partial charge in [0.05, 0.1) is 10.9 Å². The van der Waals surface area contributed by atoms with Gasteiger partial charge >= 0.3 is 0 Å². The molecule has 0 radical (unpaired) electrons. The number of nitrogens with two attached hydrogens (primary N) is 1. The molecule has 2 heterocycles. The normalized spacial score (nSPS) is 14.4. The van der Waals surface area contributed by atoms with Gasteiger partial charge in [0.1, 0.15) is 25.8 Å². The fourth-order valence-corrected chi connectivity index (χ4v) is 3.00. The molecule has 0 saturated carbocycles. The molecule has 0 amide bonds. The Hall–Kier alpha value is -2.86. The number of ether oxygens (including phenoxy) is 2. The van der Waals surface area contributed by atoms with Gasteiger partial charge in [-0.3, -0.25) is 4.79 Å². The van der Waals surface area contributed by atoms with Crippen LogP contribution in [0.3, 0.4) is 0 Å². The van der Waals surface area contributed by atoms with Crippen molar-refractivity contribution in [1.82, 2.24) is 9.97 Å². The van der Waals surface area contributed by atoms with Crippen LogP contribution in [0.2, 0.25) is 0 Å². The first-order valence-electron chi connectivity index (χ1n) is 8.41. The smallest absolute Gasteiger partial charge is 0.258 e. The molecule has 128 valence electrons. The van der Waals surface area contributed by atoms with E-state index in [0.717, 1.165) is 22.6 Å². The molecule has 0 fully saturated rings. The van der Waals surface area contributed by atoms with E-state index in [4.69, 9.17) is 9.47 Å². The van der Waals surface area contributed by atoms with Crippen LogP contribution in [0, 0.1) is 0 Å². The van der Waals surface area contributed by atoms with Gasteiger partial charge in [0, 0.05) is 5.56 Å². The molecule has 0 unspecified atom stereocenters. The number of rotatable bonds is 4. The lowest BCUT2D eigenvalue weighted by Crippen LogP contribution is -2.83. The Morgan fingerprint density at radius 1 is 1.16 bits per heavy atom. The van der Waals surface area contributed by atoms with Crippen LogP contribution >= 0.6 is 0 Å². The quantitative estimate of drug-likeness (QED) is 0.756. The van der Waals surface area contributed by atoms with Crippen LogP contribution < -0.4 is 20.3 Å². The zero-order valence-corrected chi connectivity index (χ0v) is 14.0. The molecule has 6 nitrogen and oxygen atoms in total. The minimum absolute atomic E-state index is 0.0963. The maximum atomic E-state index is 12.1. The molecule has 25 heavy (non-hydrogen) atoms. The first kappa shape index (κ1) is 15.7. The minimum Gasteiger partial charge on any atom is -0.486 e. The predicted molar refractivity (Wildman–Crippen MR) is 93.8 cm³/mol. The lowest BCUT2D eigenvalue weighted by molar-refractivity contribution is -0.708. The maximum absolute atomic E-state index is 12.1. The second-order valence-electron chi connectivity index (χ2n) is 6.16. The number of H-pyrrole nitrogens is 1. The molecule has 1 aromatic heterocycles. The second kappa shape index (κ2) is 6.57. The topological polar surface area (TPSA) is 80.8 Å². The van der Waals surface area contributed by atoms with Gasteiger partial charge in [-0.1, -0.05) is 12.1 Å². The molecule has 0 bridgehead atoms. The average Bonchev–Trinajstić information content (AvgIpc) is 2.66. The second-order valence-corrected chi connectivity index (χ2v) is 6.16. The van der Waals surface area contributed by atoms with Gasteiger partial charge in [-0.2, -0.15) is 0 Å². The summed E-state index contributed by atoms with van der Waals surface area (Å²) in [5, 5.41) is 2.75. The Morgan fingerprint density at radius 2 is 1.96 bits per heavy atom. The van der Waals surface area contributed by atoms with E-state index < -0.39 is 0 Å². The van der Waals surface area contributed by atoms with Crippen molar-refractivity contribution >= 4 is 10.9 Å². The van der Waals surface area contributed by atoms with Crippen LogP contribution in [0.5, 0.6) is 11.5 Å². The Morgan fingerprint density at radius 3 is 2.84 bits per heavy atom. The molecular weight excluding hydrogens is 318 g/mol. The van der Waals surface area contributed by atoms with E-state index in [1.807, 2.05) is 36.4 Å². The molecule has 3 aromatic rings. The Labute approximate surface area is 144 Å². The lowest BCUT2D eigenvalue weighted by atomic mass is 10.1. The van der Waals surface area contributed by atoms with E-state index >= 15 is 0 Å². The van der Waals surface area contributed by atoms with E-state index in [2.05, 4.69) is 22.2 Å². The van der Waals surface area contributed by atoms with Gasteiger partial charge in [-0.05, 0) is 37.3 Å². The summed E-state index contributed by atoms with van der Waals surface area (Å²) in [6.07, 6.45) is 0. The van der Waals surface area contributed by atoms with Gasteiger partial charge in [-0.15, -0.1) is 0 Å². The van der Waals surface area contributed by atoms with Crippen molar-refractivity contribution in [3.05, 3.63) is 64.2 Å². The molecule has 0 aliphatic carbocycles. The SMILES string of the molecule is C[C@H]([NH2+]Cc1nc2ccccc2c(=O)[nH]1)c1ccc2c(c1)OCCO2. The molecule has 1 aliphatic heterocycles. The highest BCUT2D eigenvalue weighted by Gasteiger charge is 2.16. The monoisotopic (exact) mass is 338 g/mol. The molecule has 6 heteroatoms. The average molecular weight is 338 g/mol. The molecular formula is C19H20N3O3+. The molecule has 4 rings (SSSR count). The number of benzene rings is 2. The van der Waals surface area contributed by atoms with Crippen LogP contribution in [0.4, 0.5) is 0 Å². The molecule has 1 aliphatic rings. The van der Waals surface area contributed by atoms with Gasteiger partial charge in [0.2, 0.25) is 0 Å². The number of nitrogens with zero attached hydrogens (tertiary/aromatic N) is 1. The number of quaternary nitrogens is 1. The van der Waals surface area contributed by atoms with Crippen LogP contribution in [0.25, 0.3) is 10.9 Å². The van der Waals surface area contributed by atoms with Gasteiger partial charge in [-0.25, -0.2) is 4.98 Å². The van der Waals surface area contributed by atoms with Crippen molar-refractivity contribution in [2.24, 2.45) is 0 Å². The summed E-state index contributed by atoms with van der Waals surface area (Å²) in [5.41, 5.74) is 1.77. The van der Waals surface area contributed by atoms with Crippen molar-refractivity contribution in [2.45, 2.75) is 19.5 Å². The van der Waals surface area contributed by atoms with E-state index in [9.17, 15) is 4.79 Å². The molecule has 1 atom stereocenters. The minimum atomic E-state index is -0.0963. The first-order chi connectivity index (χ1) is 12.2. The Balaban J connectivity index is 1.50. The van der Waals surface area contributed by atoms with Crippen LogP contribution in [-0.4, -0.2) is 23.2 Å². The number of aromatic amines is 1. The van der Waals surface area contributed by atoms with Gasteiger partial charge in [0.15, 0.2) is 17.3 Å². The van der Waals surface area contributed by atoms with Crippen LogP contribution in [0.1, 0.15) is 24.4 Å². The number of para-hydroxylation sites is 1. The fourth-order valence-electron chi connectivity index (χ4n) is 3.00. The summed E-state index contributed by atoms with van der Waals surface area (Å²) >= 11 is 0. The largest absolute Gasteiger partial charge is 0.486 e. The van der Waals surface area contributed by atoms with Crippen LogP contribution in [-0.2, 0) is 6.54 Å². The maximum Gasteiger partial charge on any atom is 0.258 e. The summed E-state index contributed by atoms with van der Waals surface area (Å²) in [5.74, 6) is 2.26. The highest BCUT2D eigenvalue weighted by Crippen LogP contribution is 2.31. The van der Waals surface area contributed by atoms with Crippen molar-refractivity contribution in [3.8, 4) is 11.5 Å². The van der Waals surface area contributed by atoms with Crippen molar-refractivity contribution in [3.63, 3.8) is 0 Å². The van der Waals surface area contributed by atoms with Gasteiger partial charge in [0.25, 0.3) is 5.56 Å². The standard InChI is InChI=1S/C19H19N3O3/c1-12(13-6-7-16-17(10-13)25-9-8-24-16)20-11-18-21-15-5-3-2-4-14(15)19(23)22-18/h2-7,10,12,20H,8-9,11H2,1H3,(H,21,22,23)/p+1/t12-/m0/s1. The summed E-state index contributed by atoms with van der Waals surface area (Å²) in [6.45, 7) is 3.88. The summed E-state index contributed by atoms with van der Waals surface area (Å²) in [7, 11) is 0. The molecule has 2 aromatic carbocycles. The van der Waals surface area contributed by atoms with Gasteiger partial charge < -0.3 is 19.8 Å². The zero-order chi connectivity index (χ0) is 17.2. The molecule has 3 N–H and O–H groups in total. The third-order valence-electron chi connectivity index (χ3n) is 4.42. The Bertz CT molecular complexity index is 968.